The summed E-state index contributed by atoms with van der Waals surface area (Å²) >= 11 is 0. The largest absolute Gasteiger partial charge is 0.469 e. The number of aryl methyl sites for hydroxylation is 1. The summed E-state index contributed by atoms with van der Waals surface area (Å²) in [5, 5.41) is 4.24. The highest BCUT2D eigenvalue weighted by Gasteiger charge is 2.14. The van der Waals surface area contributed by atoms with E-state index in [-0.39, 0.29) is 5.97 Å². The van der Waals surface area contributed by atoms with Gasteiger partial charge in [0.2, 0.25) is 0 Å². The van der Waals surface area contributed by atoms with E-state index in [1.54, 1.807) is 11.6 Å². The van der Waals surface area contributed by atoms with Gasteiger partial charge in [-0.15, -0.1) is 0 Å². The minimum absolute atomic E-state index is 0.236. The van der Waals surface area contributed by atoms with Crippen molar-refractivity contribution in [3.05, 3.63) is 24.0 Å². The number of pyridine rings is 1. The predicted molar refractivity (Wildman–Crippen MR) is 78.4 cm³/mol. The first-order chi connectivity index (χ1) is 10.2. The molecule has 0 aliphatic carbocycles. The Bertz CT molecular complexity index is 611. The molecule has 2 heterocycles. The highest BCUT2D eigenvalue weighted by atomic mass is 16.5. The average molecular weight is 292 g/mol. The summed E-state index contributed by atoms with van der Waals surface area (Å²) in [5.41, 5.74) is 1.87. The lowest BCUT2D eigenvalue weighted by Gasteiger charge is -2.24. The van der Waals surface area contributed by atoms with Gasteiger partial charge in [-0.1, -0.05) is 0 Å². The molecule has 0 radical (unpaired) electrons. The fraction of sp³-hybridized carbons (Fsp3) is 0.500. The highest BCUT2D eigenvalue weighted by Crippen LogP contribution is 2.18. The Morgan fingerprint density at radius 1 is 1.33 bits per heavy atom. The normalized spacial score (nSPS) is 10.8. The molecule has 0 saturated heterocycles. The number of carbonyl (C=O) groups is 1. The molecule has 2 rings (SSSR count). The van der Waals surface area contributed by atoms with Crippen LogP contribution in [0.15, 0.2) is 18.5 Å². The number of nitrogens with zero attached hydrogens (tertiary/aromatic N) is 4. The van der Waals surface area contributed by atoms with Crippen LogP contribution in [0.4, 0.5) is 5.82 Å². The van der Waals surface area contributed by atoms with Gasteiger partial charge in [-0.2, -0.15) is 9.61 Å². The zero-order chi connectivity index (χ0) is 15.2. The van der Waals surface area contributed by atoms with E-state index in [1.807, 2.05) is 19.1 Å². The summed E-state index contributed by atoms with van der Waals surface area (Å²) in [7, 11) is 3.05. The number of rotatable bonds is 7. The molecule has 0 saturated carbocycles. The van der Waals surface area contributed by atoms with Crippen molar-refractivity contribution in [2.24, 2.45) is 0 Å². The van der Waals surface area contributed by atoms with Crippen LogP contribution in [-0.2, 0) is 14.3 Å². The van der Waals surface area contributed by atoms with Crippen molar-refractivity contribution in [3.8, 4) is 0 Å². The molecule has 0 N–H and O–H groups in total. The van der Waals surface area contributed by atoms with Gasteiger partial charge in [0, 0.05) is 20.2 Å². The number of carbonyl (C=O) groups excluding carboxylic acids is 1. The van der Waals surface area contributed by atoms with Gasteiger partial charge in [-0.25, -0.2) is 4.98 Å². The Balaban J connectivity index is 2.28. The molecule has 0 unspecified atom stereocenters. The van der Waals surface area contributed by atoms with Crippen LogP contribution in [-0.4, -0.2) is 54.5 Å². The van der Waals surface area contributed by atoms with Crippen LogP contribution < -0.4 is 4.90 Å². The van der Waals surface area contributed by atoms with Crippen LogP contribution in [0, 0.1) is 6.92 Å². The van der Waals surface area contributed by atoms with Gasteiger partial charge in [0.15, 0.2) is 5.65 Å². The Morgan fingerprint density at radius 3 is 2.86 bits per heavy atom. The van der Waals surface area contributed by atoms with Gasteiger partial charge in [0.25, 0.3) is 0 Å². The number of fused-ring (bicyclic) bond motifs is 1. The quantitative estimate of drug-likeness (QED) is 0.711. The summed E-state index contributed by atoms with van der Waals surface area (Å²) in [6.07, 6.45) is 1.83. The SMILES string of the molecule is COCCN(CCC(=O)OC)c1cc(C)cc2ncnn12. The highest BCUT2D eigenvalue weighted by molar-refractivity contribution is 5.70. The summed E-state index contributed by atoms with van der Waals surface area (Å²) < 4.78 is 11.6. The zero-order valence-corrected chi connectivity index (χ0v) is 12.6. The Hall–Kier alpha value is -2.15. The molecule has 0 aromatic carbocycles. The third-order valence-electron chi connectivity index (χ3n) is 3.21. The minimum Gasteiger partial charge on any atom is -0.469 e. The molecule has 2 aromatic heterocycles. The van der Waals surface area contributed by atoms with Crippen molar-refractivity contribution < 1.29 is 14.3 Å². The topological polar surface area (TPSA) is 69.0 Å². The smallest absolute Gasteiger partial charge is 0.307 e. The number of aromatic nitrogens is 3. The van der Waals surface area contributed by atoms with Gasteiger partial charge >= 0.3 is 5.97 Å². The number of hydrogen-bond acceptors (Lipinski definition) is 6. The number of esters is 1. The van der Waals surface area contributed by atoms with Crippen molar-refractivity contribution in [1.82, 2.24) is 14.6 Å². The van der Waals surface area contributed by atoms with E-state index in [9.17, 15) is 4.79 Å². The third kappa shape index (κ3) is 3.69. The lowest BCUT2D eigenvalue weighted by atomic mass is 10.2. The van der Waals surface area contributed by atoms with Crippen molar-refractivity contribution in [3.63, 3.8) is 0 Å². The monoisotopic (exact) mass is 292 g/mol. The van der Waals surface area contributed by atoms with Crippen LogP contribution in [0.25, 0.3) is 5.65 Å². The van der Waals surface area contributed by atoms with E-state index >= 15 is 0 Å². The Kier molecular flexibility index (Phi) is 5.10. The molecular weight excluding hydrogens is 272 g/mol. The molecule has 0 spiro atoms. The molecular formula is C14H20N4O3. The van der Waals surface area contributed by atoms with Crippen molar-refractivity contribution >= 4 is 17.4 Å². The number of anilines is 1. The third-order valence-corrected chi connectivity index (χ3v) is 3.21. The molecule has 2 aromatic rings. The first-order valence-corrected chi connectivity index (χ1v) is 6.76. The first-order valence-electron chi connectivity index (χ1n) is 6.76. The number of methoxy groups -OCH3 is 2. The lowest BCUT2D eigenvalue weighted by Crippen LogP contribution is -2.31. The lowest BCUT2D eigenvalue weighted by molar-refractivity contribution is -0.140. The maximum absolute atomic E-state index is 11.4. The molecule has 0 atom stereocenters. The van der Waals surface area contributed by atoms with E-state index in [1.165, 1.54) is 13.4 Å². The Labute approximate surface area is 123 Å². The van der Waals surface area contributed by atoms with Gasteiger partial charge in [0.05, 0.1) is 20.1 Å². The summed E-state index contributed by atoms with van der Waals surface area (Å²) in [5.74, 6) is 0.656. The maximum Gasteiger partial charge on any atom is 0.307 e. The second kappa shape index (κ2) is 7.03. The van der Waals surface area contributed by atoms with Crippen molar-refractivity contribution in [1.29, 1.82) is 0 Å². The standard InChI is InChI=1S/C14H20N4O3/c1-11-8-12-15-10-16-18(12)13(9-11)17(6-7-20-2)5-4-14(19)21-3/h8-10H,4-7H2,1-3H3. The van der Waals surface area contributed by atoms with Gasteiger partial charge < -0.3 is 14.4 Å². The number of hydrogen-bond donors (Lipinski definition) is 0. The second-order valence-corrected chi connectivity index (χ2v) is 4.73. The maximum atomic E-state index is 11.4. The van der Waals surface area contributed by atoms with Crippen LogP contribution >= 0.6 is 0 Å². The van der Waals surface area contributed by atoms with Crippen LogP contribution in [0.1, 0.15) is 12.0 Å². The first kappa shape index (κ1) is 15.2. The Morgan fingerprint density at radius 2 is 2.14 bits per heavy atom. The molecule has 114 valence electrons. The fourth-order valence-electron chi connectivity index (χ4n) is 2.13. The summed E-state index contributed by atoms with van der Waals surface area (Å²) in [4.78, 5) is 17.7. The predicted octanol–water partition coefficient (Wildman–Crippen LogP) is 1.05. The van der Waals surface area contributed by atoms with Gasteiger partial charge in [-0.3, -0.25) is 4.79 Å². The summed E-state index contributed by atoms with van der Waals surface area (Å²) in [6, 6.07) is 3.99. The van der Waals surface area contributed by atoms with Crippen molar-refractivity contribution in [2.45, 2.75) is 13.3 Å². The molecule has 7 heteroatoms. The van der Waals surface area contributed by atoms with Gasteiger partial charge in [-0.05, 0) is 24.6 Å². The molecule has 0 aliphatic rings. The molecule has 7 nitrogen and oxygen atoms in total. The van der Waals surface area contributed by atoms with E-state index in [2.05, 4.69) is 15.0 Å². The van der Waals surface area contributed by atoms with Crippen LogP contribution in [0.5, 0.6) is 0 Å². The average Bonchev–Trinajstić information content (AvgIpc) is 2.94. The molecule has 21 heavy (non-hydrogen) atoms. The van der Waals surface area contributed by atoms with Crippen LogP contribution in [0.3, 0.4) is 0 Å². The van der Waals surface area contributed by atoms with Crippen molar-refractivity contribution in [2.75, 3.05) is 38.8 Å². The van der Waals surface area contributed by atoms with E-state index in [0.717, 1.165) is 17.0 Å². The van der Waals surface area contributed by atoms with E-state index in [4.69, 9.17) is 9.47 Å². The van der Waals surface area contributed by atoms with E-state index in [0.29, 0.717) is 26.1 Å². The summed E-state index contributed by atoms with van der Waals surface area (Å²) in [6.45, 7) is 3.76. The van der Waals surface area contributed by atoms with E-state index < -0.39 is 0 Å². The molecule has 0 aliphatic heterocycles. The second-order valence-electron chi connectivity index (χ2n) is 4.73. The fourth-order valence-corrected chi connectivity index (χ4v) is 2.13. The minimum atomic E-state index is -0.236. The molecule has 0 bridgehead atoms. The molecule has 0 fully saturated rings. The molecule has 0 amide bonds. The zero-order valence-electron chi connectivity index (χ0n) is 12.6. The number of ether oxygens (including phenoxy) is 2. The van der Waals surface area contributed by atoms with Gasteiger partial charge in [0.1, 0.15) is 12.1 Å². The van der Waals surface area contributed by atoms with Crippen LogP contribution in [0.2, 0.25) is 0 Å².